The van der Waals surface area contributed by atoms with Gasteiger partial charge in [0.05, 0.1) is 11.5 Å². The standard InChI is InChI=1S/C12H17NO/c1-10(14)12(8-5-9-13)7-4-6-11(12,2)3/h5,8H,4,6-7H2,1-3H3/b8-5+. The molecule has 0 bridgehead atoms. The van der Waals surface area contributed by atoms with Crippen molar-refractivity contribution in [3.63, 3.8) is 0 Å². The van der Waals surface area contributed by atoms with E-state index in [-0.39, 0.29) is 11.2 Å². The number of allylic oxidation sites excluding steroid dienone is 2. The summed E-state index contributed by atoms with van der Waals surface area (Å²) in [5.41, 5.74) is -0.408. The van der Waals surface area contributed by atoms with Gasteiger partial charge in [0.1, 0.15) is 5.78 Å². The van der Waals surface area contributed by atoms with Crippen LogP contribution >= 0.6 is 0 Å². The summed E-state index contributed by atoms with van der Waals surface area (Å²) in [5.74, 6) is 0.187. The van der Waals surface area contributed by atoms with Crippen molar-refractivity contribution in [3.8, 4) is 6.07 Å². The number of carbonyl (C=O) groups is 1. The van der Waals surface area contributed by atoms with Gasteiger partial charge in [0.15, 0.2) is 0 Å². The van der Waals surface area contributed by atoms with Crippen molar-refractivity contribution in [3.05, 3.63) is 12.2 Å². The van der Waals surface area contributed by atoms with Gasteiger partial charge in [0.25, 0.3) is 0 Å². The number of nitrogens with zero attached hydrogens (tertiary/aromatic N) is 1. The average molecular weight is 191 g/mol. The molecule has 1 saturated carbocycles. The van der Waals surface area contributed by atoms with E-state index < -0.39 is 5.41 Å². The first-order valence-corrected chi connectivity index (χ1v) is 5.05. The van der Waals surface area contributed by atoms with E-state index in [1.165, 1.54) is 6.08 Å². The van der Waals surface area contributed by atoms with E-state index in [9.17, 15) is 4.79 Å². The van der Waals surface area contributed by atoms with Crippen molar-refractivity contribution in [2.45, 2.75) is 40.0 Å². The minimum Gasteiger partial charge on any atom is -0.299 e. The maximum Gasteiger partial charge on any atom is 0.140 e. The third-order valence-electron chi connectivity index (χ3n) is 3.65. The van der Waals surface area contributed by atoms with E-state index in [2.05, 4.69) is 13.8 Å². The molecule has 0 radical (unpaired) electrons. The molecule has 0 aliphatic heterocycles. The Bertz CT molecular complexity index is 309. The third kappa shape index (κ3) is 1.48. The second kappa shape index (κ2) is 3.57. The molecule has 0 amide bonds. The van der Waals surface area contributed by atoms with Gasteiger partial charge in [-0.15, -0.1) is 0 Å². The monoisotopic (exact) mass is 191 g/mol. The molecule has 0 saturated heterocycles. The Morgan fingerprint density at radius 1 is 1.43 bits per heavy atom. The van der Waals surface area contributed by atoms with Crippen LogP contribution in [0.4, 0.5) is 0 Å². The summed E-state index contributed by atoms with van der Waals surface area (Å²) in [6.07, 6.45) is 6.27. The molecule has 0 aromatic heterocycles. The lowest BCUT2D eigenvalue weighted by atomic mass is 9.65. The largest absolute Gasteiger partial charge is 0.299 e. The number of nitriles is 1. The van der Waals surface area contributed by atoms with E-state index in [1.54, 1.807) is 6.92 Å². The molecular formula is C12H17NO. The second-order valence-corrected chi connectivity index (χ2v) is 4.73. The van der Waals surface area contributed by atoms with Gasteiger partial charge < -0.3 is 0 Å². The third-order valence-corrected chi connectivity index (χ3v) is 3.65. The van der Waals surface area contributed by atoms with Gasteiger partial charge in [-0.1, -0.05) is 26.3 Å². The van der Waals surface area contributed by atoms with Crippen LogP contribution in [0.25, 0.3) is 0 Å². The molecule has 2 nitrogen and oxygen atoms in total. The molecule has 76 valence electrons. The lowest BCUT2D eigenvalue weighted by Crippen LogP contribution is -2.37. The summed E-state index contributed by atoms with van der Waals surface area (Å²) in [4.78, 5) is 11.7. The van der Waals surface area contributed by atoms with Crippen LogP contribution in [-0.2, 0) is 4.79 Å². The summed E-state index contributed by atoms with van der Waals surface area (Å²) in [6, 6.07) is 1.98. The molecule has 1 aliphatic rings. The predicted octanol–water partition coefficient (Wildman–Crippen LogP) is 2.85. The van der Waals surface area contributed by atoms with Gasteiger partial charge in [-0.05, 0) is 25.2 Å². The molecule has 0 heterocycles. The van der Waals surface area contributed by atoms with Crippen LogP contribution in [0.2, 0.25) is 0 Å². The van der Waals surface area contributed by atoms with Crippen molar-refractivity contribution in [1.82, 2.24) is 0 Å². The molecule has 0 spiro atoms. The Hall–Kier alpha value is -1.10. The van der Waals surface area contributed by atoms with Gasteiger partial charge in [-0.25, -0.2) is 0 Å². The smallest absolute Gasteiger partial charge is 0.140 e. The fourth-order valence-corrected chi connectivity index (χ4v) is 2.63. The predicted molar refractivity (Wildman–Crippen MR) is 55.5 cm³/mol. The minimum absolute atomic E-state index is 0.00775. The quantitative estimate of drug-likeness (QED) is 0.630. The molecule has 1 aliphatic carbocycles. The molecule has 1 atom stereocenters. The summed E-state index contributed by atoms with van der Waals surface area (Å²) >= 11 is 0. The van der Waals surface area contributed by atoms with Gasteiger partial charge in [0, 0.05) is 6.08 Å². The van der Waals surface area contributed by atoms with Gasteiger partial charge in [-0.2, -0.15) is 5.26 Å². The zero-order chi connectivity index (χ0) is 10.8. The highest BCUT2D eigenvalue weighted by molar-refractivity contribution is 5.85. The highest BCUT2D eigenvalue weighted by atomic mass is 16.1. The van der Waals surface area contributed by atoms with Crippen molar-refractivity contribution in [2.24, 2.45) is 10.8 Å². The van der Waals surface area contributed by atoms with Crippen LogP contribution in [0.15, 0.2) is 12.2 Å². The van der Waals surface area contributed by atoms with Gasteiger partial charge in [0.2, 0.25) is 0 Å². The van der Waals surface area contributed by atoms with Crippen molar-refractivity contribution >= 4 is 5.78 Å². The van der Waals surface area contributed by atoms with Crippen molar-refractivity contribution < 1.29 is 4.79 Å². The number of rotatable bonds is 2. The number of ketones is 1. The Kier molecular flexibility index (Phi) is 2.80. The maximum absolute atomic E-state index is 11.7. The number of hydrogen-bond donors (Lipinski definition) is 0. The Labute approximate surface area is 85.6 Å². The normalized spacial score (nSPS) is 30.4. The Balaban J connectivity index is 3.12. The number of Topliss-reactive ketones (excluding diaryl/α,β-unsaturated/α-hetero) is 1. The van der Waals surface area contributed by atoms with Crippen LogP contribution in [0.1, 0.15) is 40.0 Å². The molecule has 1 fully saturated rings. The van der Waals surface area contributed by atoms with Crippen LogP contribution in [-0.4, -0.2) is 5.78 Å². The highest BCUT2D eigenvalue weighted by Crippen LogP contribution is 2.54. The Morgan fingerprint density at radius 3 is 2.43 bits per heavy atom. The average Bonchev–Trinajstić information content (AvgIpc) is 2.38. The van der Waals surface area contributed by atoms with Crippen molar-refractivity contribution in [2.75, 3.05) is 0 Å². The van der Waals surface area contributed by atoms with Gasteiger partial charge in [-0.3, -0.25) is 4.79 Å². The molecule has 1 unspecified atom stereocenters. The summed E-state index contributed by atoms with van der Waals surface area (Å²) in [5, 5.41) is 8.54. The highest BCUT2D eigenvalue weighted by Gasteiger charge is 2.50. The summed E-state index contributed by atoms with van der Waals surface area (Å²) in [7, 11) is 0. The summed E-state index contributed by atoms with van der Waals surface area (Å²) < 4.78 is 0. The molecule has 14 heavy (non-hydrogen) atoms. The molecule has 1 rings (SSSR count). The van der Waals surface area contributed by atoms with E-state index in [0.717, 1.165) is 19.3 Å². The van der Waals surface area contributed by atoms with Crippen LogP contribution in [0.3, 0.4) is 0 Å². The van der Waals surface area contributed by atoms with Gasteiger partial charge >= 0.3 is 0 Å². The zero-order valence-corrected chi connectivity index (χ0v) is 9.13. The maximum atomic E-state index is 11.7. The first-order valence-electron chi connectivity index (χ1n) is 5.05. The minimum atomic E-state index is -0.400. The molecule has 0 aromatic rings. The Morgan fingerprint density at radius 2 is 2.07 bits per heavy atom. The van der Waals surface area contributed by atoms with E-state index in [4.69, 9.17) is 5.26 Å². The van der Waals surface area contributed by atoms with Crippen LogP contribution < -0.4 is 0 Å². The number of hydrogen-bond acceptors (Lipinski definition) is 2. The zero-order valence-electron chi connectivity index (χ0n) is 9.13. The van der Waals surface area contributed by atoms with Crippen LogP contribution in [0, 0.1) is 22.2 Å². The first kappa shape index (κ1) is 11.0. The summed E-state index contributed by atoms with van der Waals surface area (Å²) in [6.45, 7) is 5.86. The molecule has 2 heteroatoms. The lowest BCUT2D eigenvalue weighted by Gasteiger charge is -2.36. The van der Waals surface area contributed by atoms with Crippen LogP contribution in [0.5, 0.6) is 0 Å². The molecule has 0 aromatic carbocycles. The van der Waals surface area contributed by atoms with Crippen molar-refractivity contribution in [1.29, 1.82) is 5.26 Å². The van der Waals surface area contributed by atoms with E-state index >= 15 is 0 Å². The SMILES string of the molecule is CC(=O)C1(/C=C/C#N)CCCC1(C)C. The first-order chi connectivity index (χ1) is 6.46. The number of carbonyl (C=O) groups excluding carboxylic acids is 1. The second-order valence-electron chi connectivity index (χ2n) is 4.73. The van der Waals surface area contributed by atoms with E-state index in [1.807, 2.05) is 12.1 Å². The topological polar surface area (TPSA) is 40.9 Å². The molecule has 0 N–H and O–H groups in total. The molecular weight excluding hydrogens is 174 g/mol. The van der Waals surface area contributed by atoms with E-state index in [0.29, 0.717) is 0 Å². The lowest BCUT2D eigenvalue weighted by molar-refractivity contribution is -0.128. The fraction of sp³-hybridized carbons (Fsp3) is 0.667. The fourth-order valence-electron chi connectivity index (χ4n) is 2.63.